The molecular formula is C17H23NO3. The van der Waals surface area contributed by atoms with Gasteiger partial charge < -0.3 is 9.47 Å². The molecule has 21 heavy (non-hydrogen) atoms. The lowest BCUT2D eigenvalue weighted by molar-refractivity contribution is -0.146. The summed E-state index contributed by atoms with van der Waals surface area (Å²) in [5.74, 6) is -0.189. The van der Waals surface area contributed by atoms with E-state index in [9.17, 15) is 4.79 Å². The minimum Gasteiger partial charge on any atom is -0.469 e. The molecule has 1 heterocycles. The number of methoxy groups -OCH3 is 1. The Kier molecular flexibility index (Phi) is 4.56. The van der Waals surface area contributed by atoms with E-state index in [1.807, 2.05) is 0 Å². The second kappa shape index (κ2) is 6.58. The fourth-order valence-electron chi connectivity index (χ4n) is 3.53. The van der Waals surface area contributed by atoms with E-state index >= 15 is 0 Å². The van der Waals surface area contributed by atoms with Gasteiger partial charge in [-0.2, -0.15) is 0 Å². The van der Waals surface area contributed by atoms with Crippen LogP contribution in [0.3, 0.4) is 0 Å². The van der Waals surface area contributed by atoms with E-state index < -0.39 is 0 Å². The molecule has 1 aliphatic heterocycles. The first kappa shape index (κ1) is 14.5. The summed E-state index contributed by atoms with van der Waals surface area (Å²) in [5.41, 5.74) is 2.94. The largest absolute Gasteiger partial charge is 0.469 e. The van der Waals surface area contributed by atoms with Gasteiger partial charge in [-0.3, -0.25) is 9.69 Å². The monoisotopic (exact) mass is 289 g/mol. The van der Waals surface area contributed by atoms with Crippen LogP contribution in [0.2, 0.25) is 0 Å². The maximum Gasteiger partial charge on any atom is 0.308 e. The van der Waals surface area contributed by atoms with Gasteiger partial charge in [-0.1, -0.05) is 24.3 Å². The van der Waals surface area contributed by atoms with E-state index in [1.165, 1.54) is 37.5 Å². The molecule has 1 aliphatic carbocycles. The van der Waals surface area contributed by atoms with E-state index in [2.05, 4.69) is 29.2 Å². The van der Waals surface area contributed by atoms with Gasteiger partial charge in [0, 0.05) is 19.1 Å². The van der Waals surface area contributed by atoms with E-state index in [0.29, 0.717) is 19.1 Å². The van der Waals surface area contributed by atoms with Gasteiger partial charge in [0.1, 0.15) is 0 Å². The van der Waals surface area contributed by atoms with Crippen molar-refractivity contribution in [1.29, 1.82) is 0 Å². The second-order valence-corrected chi connectivity index (χ2v) is 5.87. The number of aryl methyl sites for hydroxylation is 1. The van der Waals surface area contributed by atoms with Crippen LogP contribution in [0.4, 0.5) is 0 Å². The lowest BCUT2D eigenvalue weighted by atomic mass is 9.86. The van der Waals surface area contributed by atoms with Crippen molar-refractivity contribution >= 4 is 5.97 Å². The standard InChI is InChI=1S/C17H23NO3/c1-20-17(19)11-14-12-18(9-10-21-14)16-8-4-6-13-5-2-3-7-15(13)16/h2-3,5,7,14,16H,4,6,8-12H2,1H3/t14-,16-/m0/s1. The molecule has 1 aromatic rings. The first-order chi connectivity index (χ1) is 10.3. The van der Waals surface area contributed by atoms with Crippen molar-refractivity contribution in [2.24, 2.45) is 0 Å². The normalized spacial score (nSPS) is 26.1. The van der Waals surface area contributed by atoms with Crippen LogP contribution in [0, 0.1) is 0 Å². The van der Waals surface area contributed by atoms with Gasteiger partial charge in [-0.15, -0.1) is 0 Å². The molecule has 2 aliphatic rings. The first-order valence-corrected chi connectivity index (χ1v) is 7.78. The minimum absolute atomic E-state index is 0.0414. The van der Waals surface area contributed by atoms with Crippen molar-refractivity contribution in [3.63, 3.8) is 0 Å². The van der Waals surface area contributed by atoms with Gasteiger partial charge in [0.15, 0.2) is 0 Å². The third-order valence-corrected chi connectivity index (χ3v) is 4.57. The predicted octanol–water partition coefficient (Wildman–Crippen LogP) is 2.33. The van der Waals surface area contributed by atoms with Gasteiger partial charge in [0.05, 0.1) is 26.2 Å². The Morgan fingerprint density at radius 3 is 3.14 bits per heavy atom. The molecule has 3 rings (SSSR count). The smallest absolute Gasteiger partial charge is 0.308 e. The summed E-state index contributed by atoms with van der Waals surface area (Å²) in [6.45, 7) is 2.45. The zero-order chi connectivity index (χ0) is 14.7. The third kappa shape index (κ3) is 3.27. The quantitative estimate of drug-likeness (QED) is 0.801. The molecule has 1 saturated heterocycles. The maximum absolute atomic E-state index is 11.4. The molecule has 0 saturated carbocycles. The molecule has 0 unspecified atom stereocenters. The number of carbonyl (C=O) groups excluding carboxylic acids is 1. The van der Waals surface area contributed by atoms with Gasteiger partial charge >= 0.3 is 5.97 Å². The summed E-state index contributed by atoms with van der Waals surface area (Å²) in [5, 5.41) is 0. The van der Waals surface area contributed by atoms with E-state index in [1.54, 1.807) is 0 Å². The Morgan fingerprint density at radius 2 is 2.29 bits per heavy atom. The molecule has 4 heteroatoms. The van der Waals surface area contributed by atoms with Crippen molar-refractivity contribution < 1.29 is 14.3 Å². The topological polar surface area (TPSA) is 38.8 Å². The van der Waals surface area contributed by atoms with Crippen molar-refractivity contribution in [1.82, 2.24) is 4.90 Å². The summed E-state index contributed by atoms with van der Waals surface area (Å²) in [6.07, 6.45) is 3.92. The van der Waals surface area contributed by atoms with Crippen LogP contribution in [-0.4, -0.2) is 43.8 Å². The van der Waals surface area contributed by atoms with E-state index in [4.69, 9.17) is 9.47 Å². The van der Waals surface area contributed by atoms with Gasteiger partial charge in [-0.25, -0.2) is 0 Å². The summed E-state index contributed by atoms with van der Waals surface area (Å²) in [4.78, 5) is 13.9. The Balaban J connectivity index is 1.71. The summed E-state index contributed by atoms with van der Waals surface area (Å²) < 4.78 is 10.5. The lowest BCUT2D eigenvalue weighted by Gasteiger charge is -2.40. The summed E-state index contributed by atoms with van der Waals surface area (Å²) >= 11 is 0. The Bertz CT molecular complexity index is 503. The fraction of sp³-hybridized carbons (Fsp3) is 0.588. The number of nitrogens with zero attached hydrogens (tertiary/aromatic N) is 1. The van der Waals surface area contributed by atoms with E-state index in [0.717, 1.165) is 13.1 Å². The van der Waals surface area contributed by atoms with Crippen LogP contribution in [0.25, 0.3) is 0 Å². The van der Waals surface area contributed by atoms with Crippen molar-refractivity contribution in [3.05, 3.63) is 35.4 Å². The number of esters is 1. The maximum atomic E-state index is 11.4. The SMILES string of the molecule is COC(=O)C[C@H]1CN([C@H]2CCCc3ccccc32)CCO1. The van der Waals surface area contributed by atoms with Crippen LogP contribution in [-0.2, 0) is 20.7 Å². The van der Waals surface area contributed by atoms with Crippen LogP contribution < -0.4 is 0 Å². The zero-order valence-electron chi connectivity index (χ0n) is 12.6. The Hall–Kier alpha value is -1.39. The van der Waals surface area contributed by atoms with Crippen molar-refractivity contribution in [2.75, 3.05) is 26.8 Å². The molecule has 114 valence electrons. The molecule has 0 spiro atoms. The summed E-state index contributed by atoms with van der Waals surface area (Å²) in [6, 6.07) is 9.22. The van der Waals surface area contributed by atoms with Crippen LogP contribution in [0.5, 0.6) is 0 Å². The highest BCUT2D eigenvalue weighted by Crippen LogP contribution is 2.35. The van der Waals surface area contributed by atoms with Gasteiger partial charge in [-0.05, 0) is 30.4 Å². The summed E-state index contributed by atoms with van der Waals surface area (Å²) in [7, 11) is 1.43. The van der Waals surface area contributed by atoms with Crippen LogP contribution in [0.1, 0.15) is 36.4 Å². The predicted molar refractivity (Wildman–Crippen MR) is 80.1 cm³/mol. The first-order valence-electron chi connectivity index (χ1n) is 7.78. The second-order valence-electron chi connectivity index (χ2n) is 5.87. The highest BCUT2D eigenvalue weighted by molar-refractivity contribution is 5.69. The molecule has 0 radical (unpaired) electrons. The fourth-order valence-corrected chi connectivity index (χ4v) is 3.53. The highest BCUT2D eigenvalue weighted by atomic mass is 16.5. The molecule has 4 nitrogen and oxygen atoms in total. The molecule has 0 aromatic heterocycles. The molecule has 0 bridgehead atoms. The third-order valence-electron chi connectivity index (χ3n) is 4.57. The number of carbonyl (C=O) groups is 1. The van der Waals surface area contributed by atoms with Gasteiger partial charge in [0.25, 0.3) is 0 Å². The molecular weight excluding hydrogens is 266 g/mol. The van der Waals surface area contributed by atoms with Crippen molar-refractivity contribution in [2.45, 2.75) is 37.8 Å². The lowest BCUT2D eigenvalue weighted by Crippen LogP contribution is -2.45. The molecule has 0 N–H and O–H groups in total. The average molecular weight is 289 g/mol. The highest BCUT2D eigenvalue weighted by Gasteiger charge is 2.31. The molecule has 1 fully saturated rings. The average Bonchev–Trinajstić information content (AvgIpc) is 2.54. The number of benzene rings is 1. The Morgan fingerprint density at radius 1 is 1.43 bits per heavy atom. The van der Waals surface area contributed by atoms with E-state index in [-0.39, 0.29) is 12.1 Å². The zero-order valence-corrected chi connectivity index (χ0v) is 12.6. The molecule has 0 amide bonds. The number of hydrogen-bond acceptors (Lipinski definition) is 4. The van der Waals surface area contributed by atoms with Crippen LogP contribution >= 0.6 is 0 Å². The number of hydrogen-bond donors (Lipinski definition) is 0. The minimum atomic E-state index is -0.189. The van der Waals surface area contributed by atoms with Crippen LogP contribution in [0.15, 0.2) is 24.3 Å². The molecule has 2 atom stereocenters. The van der Waals surface area contributed by atoms with Gasteiger partial charge in [0.2, 0.25) is 0 Å². The Labute approximate surface area is 126 Å². The van der Waals surface area contributed by atoms with Crippen molar-refractivity contribution in [3.8, 4) is 0 Å². The number of ether oxygens (including phenoxy) is 2. The number of fused-ring (bicyclic) bond motifs is 1. The molecule has 1 aromatic carbocycles. The number of rotatable bonds is 3. The number of morpholine rings is 1.